The van der Waals surface area contributed by atoms with Gasteiger partial charge < -0.3 is 4.74 Å². The second kappa shape index (κ2) is 4.16. The lowest BCUT2D eigenvalue weighted by atomic mass is 10.1. The molecule has 0 bridgehead atoms. The van der Waals surface area contributed by atoms with E-state index in [4.69, 9.17) is 9.88 Å². The Labute approximate surface area is 87.9 Å². The Morgan fingerprint density at radius 2 is 2.07 bits per heavy atom. The molecule has 0 amide bonds. The number of sulfonamides is 1. The molecule has 0 aliphatic rings. The summed E-state index contributed by atoms with van der Waals surface area (Å²) in [5.74, 6) is -0.661. The Hall–Kier alpha value is -1.14. The number of primary sulfonamides is 1. The number of hydrogen-bond acceptors (Lipinski definition) is 3. The molecule has 0 unspecified atom stereocenters. The van der Waals surface area contributed by atoms with Crippen LogP contribution in [0.3, 0.4) is 0 Å². The van der Waals surface area contributed by atoms with Crippen molar-refractivity contribution >= 4 is 10.0 Å². The number of hydrogen-bond donors (Lipinski definition) is 1. The molecule has 0 radical (unpaired) electrons. The smallest absolute Gasteiger partial charge is 0.238 e. The molecular formula is C9H12FNO3S. The highest BCUT2D eigenvalue weighted by atomic mass is 32.2. The van der Waals surface area contributed by atoms with Crippen molar-refractivity contribution in [3.63, 3.8) is 0 Å². The van der Waals surface area contributed by atoms with Crippen LogP contribution in [-0.2, 0) is 16.4 Å². The quantitative estimate of drug-likeness (QED) is 0.848. The lowest BCUT2D eigenvalue weighted by Gasteiger charge is -2.11. The molecule has 15 heavy (non-hydrogen) atoms. The standard InChI is InChI=1S/C9H12FNO3S/c1-3-6-8(15(11,12)13)5-4-7(10)9(6)14-2/h4-5H,3H2,1-2H3,(H2,11,12,13). The summed E-state index contributed by atoms with van der Waals surface area (Å²) in [4.78, 5) is -0.0942. The molecule has 0 saturated carbocycles. The van der Waals surface area contributed by atoms with Crippen molar-refractivity contribution in [2.24, 2.45) is 5.14 Å². The van der Waals surface area contributed by atoms with Crippen LogP contribution < -0.4 is 9.88 Å². The van der Waals surface area contributed by atoms with Gasteiger partial charge >= 0.3 is 0 Å². The zero-order valence-corrected chi connectivity index (χ0v) is 9.27. The Morgan fingerprint density at radius 3 is 2.47 bits per heavy atom. The Kier molecular flexibility index (Phi) is 3.31. The third-order valence-electron chi connectivity index (χ3n) is 2.03. The minimum absolute atomic E-state index is 0.0657. The number of halogens is 1. The minimum Gasteiger partial charge on any atom is -0.493 e. The molecule has 6 heteroatoms. The first-order chi connectivity index (χ1) is 6.91. The molecule has 1 aromatic carbocycles. The van der Waals surface area contributed by atoms with Gasteiger partial charge in [-0.2, -0.15) is 0 Å². The van der Waals surface area contributed by atoms with Gasteiger partial charge in [-0.1, -0.05) is 6.92 Å². The van der Waals surface area contributed by atoms with E-state index in [2.05, 4.69) is 0 Å². The SMILES string of the molecule is CCc1c(S(N)(=O)=O)ccc(F)c1OC. The van der Waals surface area contributed by atoms with Crippen LogP contribution in [0.4, 0.5) is 4.39 Å². The average molecular weight is 233 g/mol. The summed E-state index contributed by atoms with van der Waals surface area (Å²) in [6.07, 6.45) is 0.326. The van der Waals surface area contributed by atoms with Crippen molar-refractivity contribution in [2.75, 3.05) is 7.11 Å². The molecule has 0 aromatic heterocycles. The number of nitrogens with two attached hydrogens (primary N) is 1. The minimum atomic E-state index is -3.84. The average Bonchev–Trinajstić information content (AvgIpc) is 2.15. The molecule has 0 fully saturated rings. The van der Waals surface area contributed by atoms with Crippen molar-refractivity contribution < 1.29 is 17.5 Å². The number of ether oxygens (including phenoxy) is 1. The van der Waals surface area contributed by atoms with Gasteiger partial charge in [0.05, 0.1) is 12.0 Å². The first-order valence-corrected chi connectivity index (χ1v) is 5.84. The van der Waals surface area contributed by atoms with Crippen molar-refractivity contribution in [1.29, 1.82) is 0 Å². The van der Waals surface area contributed by atoms with E-state index in [1.165, 1.54) is 7.11 Å². The highest BCUT2D eigenvalue weighted by Crippen LogP contribution is 2.28. The van der Waals surface area contributed by atoms with Gasteiger partial charge in [0, 0.05) is 5.56 Å². The van der Waals surface area contributed by atoms with Crippen LogP contribution in [0.2, 0.25) is 0 Å². The molecule has 0 spiro atoms. The summed E-state index contributed by atoms with van der Waals surface area (Å²) in [7, 11) is -2.56. The maximum absolute atomic E-state index is 13.2. The van der Waals surface area contributed by atoms with Gasteiger partial charge in [-0.25, -0.2) is 17.9 Å². The molecule has 0 atom stereocenters. The Morgan fingerprint density at radius 1 is 1.47 bits per heavy atom. The highest BCUT2D eigenvalue weighted by molar-refractivity contribution is 7.89. The van der Waals surface area contributed by atoms with Crippen molar-refractivity contribution in [1.82, 2.24) is 0 Å². The van der Waals surface area contributed by atoms with E-state index < -0.39 is 15.8 Å². The zero-order valence-electron chi connectivity index (χ0n) is 8.45. The van der Waals surface area contributed by atoms with Crippen LogP contribution in [0.1, 0.15) is 12.5 Å². The monoisotopic (exact) mass is 233 g/mol. The first kappa shape index (κ1) is 11.9. The maximum atomic E-state index is 13.2. The molecule has 1 rings (SSSR count). The van der Waals surface area contributed by atoms with E-state index in [1.54, 1.807) is 6.92 Å². The van der Waals surface area contributed by atoms with E-state index in [0.29, 0.717) is 6.42 Å². The summed E-state index contributed by atoms with van der Waals surface area (Å²) in [6, 6.07) is 2.17. The summed E-state index contributed by atoms with van der Waals surface area (Å²) >= 11 is 0. The third kappa shape index (κ3) is 2.27. The Bertz CT molecular complexity index is 470. The fraction of sp³-hybridized carbons (Fsp3) is 0.333. The fourth-order valence-electron chi connectivity index (χ4n) is 1.40. The zero-order chi connectivity index (χ0) is 11.6. The van der Waals surface area contributed by atoms with Crippen molar-refractivity contribution in [2.45, 2.75) is 18.2 Å². The topological polar surface area (TPSA) is 69.4 Å². The number of benzene rings is 1. The predicted octanol–water partition coefficient (Wildman–Crippen LogP) is 1.04. The van der Waals surface area contributed by atoms with Gasteiger partial charge in [0.1, 0.15) is 0 Å². The summed E-state index contributed by atoms with van der Waals surface area (Å²) in [5.41, 5.74) is 0.264. The van der Waals surface area contributed by atoms with Gasteiger partial charge in [-0.15, -0.1) is 0 Å². The van der Waals surface area contributed by atoms with Gasteiger partial charge in [0.2, 0.25) is 10.0 Å². The number of rotatable bonds is 3. The summed E-state index contributed by atoms with van der Waals surface area (Å²) in [6.45, 7) is 1.70. The van der Waals surface area contributed by atoms with E-state index in [0.717, 1.165) is 12.1 Å². The third-order valence-corrected chi connectivity index (χ3v) is 3.03. The summed E-state index contributed by atoms with van der Waals surface area (Å²) < 4.78 is 40.4. The molecule has 1 aromatic rings. The molecular weight excluding hydrogens is 221 g/mol. The molecule has 2 N–H and O–H groups in total. The van der Waals surface area contributed by atoms with Crippen LogP contribution in [0.25, 0.3) is 0 Å². The molecule has 0 aliphatic carbocycles. The summed E-state index contributed by atoms with van der Waals surface area (Å²) in [5, 5.41) is 5.00. The van der Waals surface area contributed by atoms with Crippen LogP contribution in [0.15, 0.2) is 17.0 Å². The van der Waals surface area contributed by atoms with E-state index in [9.17, 15) is 12.8 Å². The highest BCUT2D eigenvalue weighted by Gasteiger charge is 2.19. The largest absolute Gasteiger partial charge is 0.493 e. The number of methoxy groups -OCH3 is 1. The van der Waals surface area contributed by atoms with E-state index in [1.807, 2.05) is 0 Å². The second-order valence-electron chi connectivity index (χ2n) is 2.96. The van der Waals surface area contributed by atoms with Crippen LogP contribution >= 0.6 is 0 Å². The molecule has 0 saturated heterocycles. The lowest BCUT2D eigenvalue weighted by Crippen LogP contribution is -2.15. The van der Waals surface area contributed by atoms with Crippen LogP contribution in [0, 0.1) is 5.82 Å². The van der Waals surface area contributed by atoms with Gasteiger partial charge in [-0.05, 0) is 18.6 Å². The van der Waals surface area contributed by atoms with Crippen molar-refractivity contribution in [3.05, 3.63) is 23.5 Å². The molecule has 4 nitrogen and oxygen atoms in total. The normalized spacial score (nSPS) is 11.5. The molecule has 84 valence electrons. The first-order valence-electron chi connectivity index (χ1n) is 4.30. The van der Waals surface area contributed by atoms with Crippen LogP contribution in [0.5, 0.6) is 5.75 Å². The molecule has 0 aliphatic heterocycles. The van der Waals surface area contributed by atoms with Crippen LogP contribution in [-0.4, -0.2) is 15.5 Å². The lowest BCUT2D eigenvalue weighted by molar-refractivity contribution is 0.379. The predicted molar refractivity (Wildman–Crippen MR) is 53.7 cm³/mol. The maximum Gasteiger partial charge on any atom is 0.238 e. The Balaban J connectivity index is 3.57. The molecule has 0 heterocycles. The van der Waals surface area contributed by atoms with E-state index in [-0.39, 0.29) is 16.2 Å². The second-order valence-corrected chi connectivity index (χ2v) is 4.49. The van der Waals surface area contributed by atoms with E-state index >= 15 is 0 Å². The van der Waals surface area contributed by atoms with Crippen molar-refractivity contribution in [3.8, 4) is 5.75 Å². The van der Waals surface area contributed by atoms with Gasteiger partial charge in [0.25, 0.3) is 0 Å². The fourth-order valence-corrected chi connectivity index (χ4v) is 2.24. The van der Waals surface area contributed by atoms with Gasteiger partial charge in [-0.3, -0.25) is 0 Å². The van der Waals surface area contributed by atoms with Gasteiger partial charge in [0.15, 0.2) is 11.6 Å².